The van der Waals surface area contributed by atoms with E-state index in [9.17, 15) is 20.1 Å². The summed E-state index contributed by atoms with van der Waals surface area (Å²) in [4.78, 5) is 10.5. The Morgan fingerprint density at radius 3 is 0.795 bits per heavy atom. The van der Waals surface area contributed by atoms with Crippen LogP contribution in [-0.4, -0.2) is 109 Å². The highest BCUT2D eigenvalue weighted by molar-refractivity contribution is 5.50. The van der Waals surface area contributed by atoms with Gasteiger partial charge in [0.15, 0.2) is 18.9 Å². The monoisotopic (exact) mass is 1820 g/mol. The molecule has 21 atom stereocenters. The molecule has 132 heavy (non-hydrogen) atoms. The fourth-order valence-electron chi connectivity index (χ4n) is 17.4. The van der Waals surface area contributed by atoms with Crippen LogP contribution in [0.1, 0.15) is 435 Å². The summed E-state index contributed by atoms with van der Waals surface area (Å²) in [5, 5.41) is 37.9. The van der Waals surface area contributed by atoms with Crippen LogP contribution in [0.2, 0.25) is 0 Å². The molecule has 3 aliphatic heterocycles. The Morgan fingerprint density at radius 1 is 0.288 bits per heavy atom. The molecule has 0 spiro atoms. The number of aldehydes is 1. The molecule has 3 heterocycles. The summed E-state index contributed by atoms with van der Waals surface area (Å²) < 4.78 is 35.3. The van der Waals surface area contributed by atoms with Crippen LogP contribution < -0.4 is 0 Å². The molecule has 0 aromatic rings. The first-order valence-corrected chi connectivity index (χ1v) is 55.0. The van der Waals surface area contributed by atoms with E-state index < -0.39 is 18.3 Å². The predicted octanol–water partition coefficient (Wildman–Crippen LogP) is 29.8. The molecule has 9 fully saturated rings. The van der Waals surface area contributed by atoms with Gasteiger partial charge in [-0.1, -0.05) is 317 Å². The van der Waals surface area contributed by atoms with Gasteiger partial charge in [-0.2, -0.15) is 0 Å². The molecule has 6 saturated carbocycles. The van der Waals surface area contributed by atoms with Crippen molar-refractivity contribution < 1.29 is 53.6 Å². The van der Waals surface area contributed by atoms with Crippen LogP contribution in [0.25, 0.3) is 0 Å². The first-order valence-electron chi connectivity index (χ1n) is 55.0. The third-order valence-electron chi connectivity index (χ3n) is 27.2. The second kappa shape index (κ2) is 82.6. The van der Waals surface area contributed by atoms with E-state index in [1.54, 1.807) is 0 Å². The van der Waals surface area contributed by atoms with E-state index in [0.717, 1.165) is 233 Å². The Kier molecular flexibility index (Phi) is 74.4. The van der Waals surface area contributed by atoms with Crippen molar-refractivity contribution in [3.63, 3.8) is 0 Å². The summed E-state index contributed by atoms with van der Waals surface area (Å²) in [6.07, 6.45) is 99.8. The van der Waals surface area contributed by atoms with Gasteiger partial charge in [0.2, 0.25) is 0 Å². The quantitative estimate of drug-likeness (QED) is 0.0199. The van der Waals surface area contributed by atoms with Crippen LogP contribution in [-0.2, 0) is 33.2 Å². The number of hydrogen-bond donors (Lipinski definition) is 4. The number of allylic oxidation sites excluding steroid dienone is 16. The molecule has 4 N–H and O–H groups in total. The van der Waals surface area contributed by atoms with Crippen molar-refractivity contribution in [2.24, 2.45) is 71.0 Å². The third kappa shape index (κ3) is 66.9. The van der Waals surface area contributed by atoms with E-state index in [0.29, 0.717) is 18.4 Å². The van der Waals surface area contributed by atoms with Gasteiger partial charge in [-0.3, -0.25) is 0 Å². The minimum absolute atomic E-state index is 0.00707. The molecule has 9 aliphatic rings. The molecule has 0 bridgehead atoms. The standard InChI is InChI=1S/C21H34O3.C21H32O3.C21H34O2.2C21H34O.C16H26O/c2*1-2-3-5-11-20(24-21-13-8-9-16-23-21)12-7-4-6-10-18-17-19(18)14-15-22;1-3-5-7-13-20(23-21-15-10-11-16-22-21)14-9-6-8-12-19-17-18(19)4-2;2*1-3-5-7-8-11-14-19-18-20(19)15-12-9-13-17-21(22)16-10-6-4-2;1-3-5-7-11-16(17)12-9-6-8-10-15-13-14(15)4-2/h4,6,18-22H,2-3,5,8-11,13-17H2,1H3;4,6,15,18-21H,2-3,5,8-11,13-14,16-17H2,1H3;6,8,18-21H,3-5,7,10-13,15-17H2,1-2H3;2*8-9,11-12,19-22H,3-7,10,14-16,18H2,1-2H3;6,8,14-17H,3-5,7,10-11,13H2,1-2H3/b2*6-4-;8-6-;2*11-8-,12-9-;8-6-/t3*18-,19-,20?,21?;19-,20-,21+;19-,20-,21-;14-,15-,16?/m111111/s1. The van der Waals surface area contributed by atoms with Crippen LogP contribution in [0.15, 0.2) is 97.2 Å². The van der Waals surface area contributed by atoms with E-state index >= 15 is 0 Å². The van der Waals surface area contributed by atoms with Crippen molar-refractivity contribution >= 4 is 6.29 Å². The summed E-state index contributed by atoms with van der Waals surface area (Å²) in [5.41, 5.74) is 0. The fraction of sp³-hybridized carbons (Fsp3) is 0.760. The van der Waals surface area contributed by atoms with E-state index in [4.69, 9.17) is 33.5 Å². The molecular weight excluding hydrogens is 1630 g/mol. The number of unbranched alkanes of at least 4 members (excludes halogenated alkanes) is 16. The number of ether oxygens (including phenoxy) is 6. The highest BCUT2D eigenvalue weighted by Crippen LogP contribution is 2.48. The molecule has 0 aromatic carbocycles. The average Bonchev–Trinajstić information content (AvgIpc) is 1.72. The second-order valence-electron chi connectivity index (χ2n) is 39.3. The summed E-state index contributed by atoms with van der Waals surface area (Å²) in [5.74, 6) is 47.1. The Bertz CT molecular complexity index is 3390. The molecular formula is C121H194O11. The first-order chi connectivity index (χ1) is 64.8. The van der Waals surface area contributed by atoms with Crippen molar-refractivity contribution in [2.75, 3.05) is 26.4 Å². The summed E-state index contributed by atoms with van der Waals surface area (Å²) in [6.45, 7) is 25.0. The maximum atomic E-state index is 10.5. The van der Waals surface area contributed by atoms with Gasteiger partial charge in [0.1, 0.15) is 42.9 Å². The molecule has 11 nitrogen and oxygen atoms in total. The lowest BCUT2D eigenvalue weighted by molar-refractivity contribution is -0.177. The van der Waals surface area contributed by atoms with Crippen LogP contribution in [0.4, 0.5) is 0 Å². The van der Waals surface area contributed by atoms with Gasteiger partial charge < -0.3 is 53.6 Å². The van der Waals surface area contributed by atoms with Gasteiger partial charge in [0, 0.05) is 32.8 Å². The maximum Gasteiger partial charge on any atom is 0.159 e. The van der Waals surface area contributed by atoms with Crippen molar-refractivity contribution in [3.8, 4) is 71.0 Å². The SMILES string of the molecule is CCCC/C=C\C[C@@H]1C[C@H]1C/C=C\C#C[C@@H](O)CCCCC.CCCC/C=C\C[C@@H]1C[C@H]1C/C=C\C#C[C@H](O)CCCCC.CCCCCC(C#C/C=C\C[C@@H]1C[C@H]1CC)OC1CCCCO1.CCCCCC(C#C/C=C\C[C@@H]1C[C@H]1CC=O)OC1CCCCO1.CCCCCC(C#C/C=C\C[C@@H]1C[C@H]1CCO)OC1CCCCO1.CCCCCC(O)C#C/C=C\C[C@@H]1C[C@H]1CC. The van der Waals surface area contributed by atoms with Crippen LogP contribution in [0.3, 0.4) is 0 Å². The van der Waals surface area contributed by atoms with Crippen molar-refractivity contribution in [1.82, 2.24) is 0 Å². The van der Waals surface area contributed by atoms with Crippen LogP contribution >= 0.6 is 0 Å². The Balaban J connectivity index is 0.000000332. The molecule has 9 rings (SSSR count). The number of aliphatic hydroxyl groups excluding tert-OH is 4. The number of carbonyl (C=O) groups is 1. The minimum atomic E-state index is -0.446. The smallest absolute Gasteiger partial charge is 0.159 e. The van der Waals surface area contributed by atoms with E-state index in [1.165, 1.54) is 218 Å². The summed E-state index contributed by atoms with van der Waals surface area (Å²) >= 11 is 0. The van der Waals surface area contributed by atoms with Gasteiger partial charge in [0.25, 0.3) is 0 Å². The maximum absolute atomic E-state index is 10.5. The molecule has 7 unspecified atom stereocenters. The first kappa shape index (κ1) is 119. The molecule has 6 aliphatic carbocycles. The van der Waals surface area contributed by atoms with E-state index in [2.05, 4.69) is 201 Å². The minimum Gasteiger partial charge on any atom is -0.396 e. The molecule has 0 aromatic heterocycles. The van der Waals surface area contributed by atoms with Crippen LogP contribution in [0, 0.1) is 142 Å². The third-order valence-corrected chi connectivity index (χ3v) is 27.2. The Hall–Kier alpha value is -5.45. The summed E-state index contributed by atoms with van der Waals surface area (Å²) in [6, 6.07) is 0. The van der Waals surface area contributed by atoms with Crippen molar-refractivity contribution in [1.29, 1.82) is 0 Å². The summed E-state index contributed by atoms with van der Waals surface area (Å²) in [7, 11) is 0. The molecule has 0 radical (unpaired) electrons. The lowest BCUT2D eigenvalue weighted by Gasteiger charge is -2.25. The van der Waals surface area contributed by atoms with Gasteiger partial charge in [-0.05, 0) is 351 Å². The van der Waals surface area contributed by atoms with E-state index in [1.807, 2.05) is 36.5 Å². The number of rotatable bonds is 58. The highest BCUT2D eigenvalue weighted by atomic mass is 16.7. The van der Waals surface area contributed by atoms with Crippen molar-refractivity contribution in [2.45, 2.75) is 491 Å². The zero-order valence-electron chi connectivity index (χ0n) is 85.7. The lowest BCUT2D eigenvalue weighted by atomic mass is 10.1. The molecule has 0 amide bonds. The average molecular weight is 1820 g/mol. The molecule has 11 heteroatoms. The van der Waals surface area contributed by atoms with E-state index in [-0.39, 0.29) is 37.2 Å². The zero-order valence-corrected chi connectivity index (χ0v) is 85.7. The fourth-order valence-corrected chi connectivity index (χ4v) is 17.4. The topological polar surface area (TPSA) is 153 Å². The Morgan fingerprint density at radius 2 is 0.538 bits per heavy atom. The van der Waals surface area contributed by atoms with Gasteiger partial charge in [-0.25, -0.2) is 0 Å². The number of aliphatic hydroxyl groups is 4. The largest absolute Gasteiger partial charge is 0.396 e. The van der Waals surface area contributed by atoms with Crippen LogP contribution in [0.5, 0.6) is 0 Å². The number of carbonyl (C=O) groups excluding carboxylic acids is 1. The molecule has 3 saturated heterocycles. The zero-order chi connectivity index (χ0) is 95.0. The van der Waals surface area contributed by atoms with Gasteiger partial charge in [0.05, 0.1) is 0 Å². The second-order valence-corrected chi connectivity index (χ2v) is 39.3. The Labute approximate surface area is 811 Å². The van der Waals surface area contributed by atoms with Gasteiger partial charge in [-0.15, -0.1) is 0 Å². The predicted molar refractivity (Wildman–Crippen MR) is 557 cm³/mol. The van der Waals surface area contributed by atoms with Crippen molar-refractivity contribution in [3.05, 3.63) is 97.2 Å². The van der Waals surface area contributed by atoms with Gasteiger partial charge >= 0.3 is 0 Å². The molecule has 744 valence electrons. The highest BCUT2D eigenvalue weighted by Gasteiger charge is 2.38. The number of hydrogen-bond acceptors (Lipinski definition) is 11. The lowest BCUT2D eigenvalue weighted by Crippen LogP contribution is -2.27. The normalized spacial score (nSPS) is 25.4.